The summed E-state index contributed by atoms with van der Waals surface area (Å²) in [6, 6.07) is 5.56. The predicted octanol–water partition coefficient (Wildman–Crippen LogP) is 3.85. The number of nitrogens with one attached hydrogen (secondary N) is 2. The summed E-state index contributed by atoms with van der Waals surface area (Å²) in [6.07, 6.45) is 1.45. The van der Waals surface area contributed by atoms with Crippen molar-refractivity contribution in [1.29, 1.82) is 0 Å². The van der Waals surface area contributed by atoms with E-state index in [9.17, 15) is 22.0 Å². The first-order valence-corrected chi connectivity index (χ1v) is 10.6. The molecule has 8 nitrogen and oxygen atoms in total. The Labute approximate surface area is 195 Å². The lowest BCUT2D eigenvalue weighted by Gasteiger charge is -2.20. The molecule has 1 aliphatic rings. The average molecular weight is 493 g/mol. The predicted molar refractivity (Wildman–Crippen MR) is 117 cm³/mol. The van der Waals surface area contributed by atoms with Crippen molar-refractivity contribution in [2.75, 3.05) is 25.5 Å². The van der Waals surface area contributed by atoms with Gasteiger partial charge in [0.15, 0.2) is 0 Å². The van der Waals surface area contributed by atoms with E-state index in [0.29, 0.717) is 33.9 Å². The van der Waals surface area contributed by atoms with E-state index in [0.717, 1.165) is 4.68 Å². The van der Waals surface area contributed by atoms with Crippen LogP contribution in [0.1, 0.15) is 0 Å². The van der Waals surface area contributed by atoms with Crippen LogP contribution in [0.4, 0.5) is 27.8 Å². The largest absolute Gasteiger partial charge is 0.496 e. The van der Waals surface area contributed by atoms with Crippen molar-refractivity contribution in [2.24, 2.45) is 0 Å². The molecule has 1 fully saturated rings. The van der Waals surface area contributed by atoms with Crippen LogP contribution in [-0.2, 0) is 6.54 Å². The van der Waals surface area contributed by atoms with Crippen molar-refractivity contribution in [3.8, 4) is 28.3 Å². The fourth-order valence-electron chi connectivity index (χ4n) is 4.00. The molecule has 0 radical (unpaired) electrons. The van der Waals surface area contributed by atoms with E-state index in [4.69, 9.17) is 4.74 Å². The van der Waals surface area contributed by atoms with E-state index in [1.807, 2.05) is 0 Å². The summed E-state index contributed by atoms with van der Waals surface area (Å²) < 4.78 is 74.2. The molecule has 0 aromatic carbocycles. The molecule has 184 valence electrons. The molecule has 4 aromatic heterocycles. The number of aromatic nitrogens is 5. The molecular weight excluding hydrogens is 473 g/mol. The number of alkyl halides is 5. The third-order valence-corrected chi connectivity index (χ3v) is 5.67. The Balaban J connectivity index is 1.51. The smallest absolute Gasteiger partial charge is 0.408 e. The van der Waals surface area contributed by atoms with Gasteiger partial charge in [0.05, 0.1) is 37.4 Å². The van der Waals surface area contributed by atoms with Gasteiger partial charge in [0.2, 0.25) is 0 Å². The summed E-state index contributed by atoms with van der Waals surface area (Å²) in [7, 11) is 1.45. The third-order valence-electron chi connectivity index (χ3n) is 5.67. The number of anilines is 1. The molecule has 1 unspecified atom stereocenters. The minimum Gasteiger partial charge on any atom is -0.496 e. The van der Waals surface area contributed by atoms with Crippen molar-refractivity contribution >= 4 is 11.5 Å². The number of methoxy groups -OCH3 is 1. The maximum atomic E-state index is 14.0. The molecule has 0 saturated carbocycles. The molecule has 0 bridgehead atoms. The Morgan fingerprint density at radius 3 is 2.77 bits per heavy atom. The van der Waals surface area contributed by atoms with Crippen molar-refractivity contribution in [3.63, 3.8) is 0 Å². The van der Waals surface area contributed by atoms with E-state index in [-0.39, 0.29) is 12.4 Å². The normalized spacial score (nSPS) is 17.7. The summed E-state index contributed by atoms with van der Waals surface area (Å²) >= 11 is 0. The number of hydrogen-bond donors (Lipinski definition) is 2. The topological polar surface area (TPSA) is 81.3 Å². The van der Waals surface area contributed by atoms with Gasteiger partial charge in [0.25, 0.3) is 5.92 Å². The van der Waals surface area contributed by atoms with Crippen LogP contribution in [0.15, 0.2) is 49.1 Å². The fourth-order valence-corrected chi connectivity index (χ4v) is 4.00. The van der Waals surface area contributed by atoms with Gasteiger partial charge in [0, 0.05) is 36.1 Å². The zero-order valence-corrected chi connectivity index (χ0v) is 18.4. The molecule has 1 aliphatic heterocycles. The molecule has 1 saturated heterocycles. The summed E-state index contributed by atoms with van der Waals surface area (Å²) in [5, 5.41) is 9.25. The van der Waals surface area contributed by atoms with Gasteiger partial charge < -0.3 is 15.4 Å². The van der Waals surface area contributed by atoms with Crippen LogP contribution in [0, 0.1) is 0 Å². The van der Waals surface area contributed by atoms with Gasteiger partial charge >= 0.3 is 6.18 Å². The van der Waals surface area contributed by atoms with Crippen molar-refractivity contribution in [1.82, 2.24) is 29.5 Å². The molecule has 2 N–H and O–H groups in total. The second-order valence-electron chi connectivity index (χ2n) is 8.17. The number of nitrogens with zero attached hydrogens (tertiary/aromatic N) is 5. The first-order chi connectivity index (χ1) is 16.6. The van der Waals surface area contributed by atoms with Gasteiger partial charge in [-0.1, -0.05) is 6.07 Å². The van der Waals surface area contributed by atoms with Gasteiger partial charge in [-0.3, -0.25) is 9.08 Å². The highest BCUT2D eigenvalue weighted by molar-refractivity contribution is 5.73. The highest BCUT2D eigenvalue weighted by atomic mass is 19.4. The fraction of sp³-hybridized carbons (Fsp3) is 0.318. The lowest BCUT2D eigenvalue weighted by atomic mass is 10.1. The molecule has 5 rings (SSSR count). The highest BCUT2D eigenvalue weighted by Gasteiger charge is 2.44. The molecular formula is C22H20F5N7O. The van der Waals surface area contributed by atoms with Crippen LogP contribution in [0.2, 0.25) is 0 Å². The summed E-state index contributed by atoms with van der Waals surface area (Å²) in [5.74, 6) is -2.21. The van der Waals surface area contributed by atoms with Gasteiger partial charge in [-0.15, -0.1) is 0 Å². The maximum Gasteiger partial charge on any atom is 0.408 e. The van der Waals surface area contributed by atoms with Crippen LogP contribution in [0.3, 0.4) is 0 Å². The van der Waals surface area contributed by atoms with E-state index in [1.165, 1.54) is 19.5 Å². The molecule has 1 atom stereocenters. The number of ether oxygens (including phenoxy) is 1. The zero-order chi connectivity index (χ0) is 24.8. The minimum absolute atomic E-state index is 0.111. The summed E-state index contributed by atoms with van der Waals surface area (Å²) in [6.45, 7) is -1.51. The Bertz CT molecular complexity index is 1360. The third kappa shape index (κ3) is 4.63. The van der Waals surface area contributed by atoms with Crippen molar-refractivity contribution in [2.45, 2.75) is 24.7 Å². The Hall–Kier alpha value is -3.74. The molecule has 4 aromatic rings. The number of rotatable bonds is 6. The number of imidazole rings is 1. The Kier molecular flexibility index (Phi) is 5.58. The molecule has 5 heterocycles. The van der Waals surface area contributed by atoms with Gasteiger partial charge in [-0.25, -0.2) is 18.7 Å². The second kappa shape index (κ2) is 8.48. The number of fused-ring (bicyclic) bond motifs is 1. The minimum atomic E-state index is -4.40. The van der Waals surface area contributed by atoms with Gasteiger partial charge in [-0.05, 0) is 12.1 Å². The van der Waals surface area contributed by atoms with Crippen LogP contribution >= 0.6 is 0 Å². The van der Waals surface area contributed by atoms with E-state index < -0.39 is 31.2 Å². The van der Waals surface area contributed by atoms with Crippen LogP contribution in [0.25, 0.3) is 28.2 Å². The van der Waals surface area contributed by atoms with Crippen molar-refractivity contribution < 1.29 is 26.7 Å². The molecule has 0 spiro atoms. The van der Waals surface area contributed by atoms with Crippen LogP contribution in [-0.4, -0.2) is 62.5 Å². The second-order valence-corrected chi connectivity index (χ2v) is 8.17. The molecule has 0 aliphatic carbocycles. The Morgan fingerprint density at radius 2 is 2.06 bits per heavy atom. The summed E-state index contributed by atoms with van der Waals surface area (Å²) in [4.78, 5) is 8.85. The average Bonchev–Trinajstić information content (AvgIpc) is 3.50. The maximum absolute atomic E-state index is 14.0. The summed E-state index contributed by atoms with van der Waals surface area (Å²) in [5.41, 5.74) is 2.47. The number of hydrogen-bond acceptors (Lipinski definition) is 6. The lowest BCUT2D eigenvalue weighted by molar-refractivity contribution is -0.142. The standard InChI is InChI=1S/C22H20F5N7O/c1-35-17-5-20-29-7-16(15-3-2-4-19(31-15)32-18-8-28-11-21(18,23)24)34(20)10-14(17)13-6-30-33(9-13)12-22(25,26)27/h2-7,9-10,18,28H,8,11-12H2,1H3,(H,31,32). The van der Waals surface area contributed by atoms with Crippen LogP contribution < -0.4 is 15.4 Å². The van der Waals surface area contributed by atoms with Crippen LogP contribution in [0.5, 0.6) is 5.75 Å². The number of halogens is 5. The molecule has 13 heteroatoms. The first kappa shape index (κ1) is 23.0. The molecule has 35 heavy (non-hydrogen) atoms. The van der Waals surface area contributed by atoms with E-state index in [1.54, 1.807) is 41.1 Å². The lowest BCUT2D eigenvalue weighted by Crippen LogP contribution is -2.38. The highest BCUT2D eigenvalue weighted by Crippen LogP contribution is 2.33. The molecule has 0 amide bonds. The van der Waals surface area contributed by atoms with E-state index in [2.05, 4.69) is 25.7 Å². The van der Waals surface area contributed by atoms with E-state index >= 15 is 0 Å². The number of pyridine rings is 2. The monoisotopic (exact) mass is 493 g/mol. The first-order valence-electron chi connectivity index (χ1n) is 10.6. The zero-order valence-electron chi connectivity index (χ0n) is 18.4. The van der Waals surface area contributed by atoms with Gasteiger partial charge in [-0.2, -0.15) is 18.3 Å². The van der Waals surface area contributed by atoms with Crippen molar-refractivity contribution in [3.05, 3.63) is 49.1 Å². The SMILES string of the molecule is COc1cc2ncc(-c3cccc(NC4CNCC4(F)F)n3)n2cc1-c1cnn(CC(F)(F)F)c1. The quantitative estimate of drug-likeness (QED) is 0.397. The van der Waals surface area contributed by atoms with Gasteiger partial charge in [0.1, 0.15) is 29.8 Å². The Morgan fingerprint density at radius 1 is 1.23 bits per heavy atom.